The van der Waals surface area contributed by atoms with E-state index in [9.17, 15) is 30.0 Å². The number of fused-ring (bicyclic) bond motifs is 2. The minimum Gasteiger partial charge on any atom is -0.432 e. The van der Waals surface area contributed by atoms with E-state index in [0.29, 0.717) is 30.6 Å². The highest BCUT2D eigenvalue weighted by Gasteiger charge is 2.83. The second-order valence-corrected chi connectivity index (χ2v) is 16.9. The van der Waals surface area contributed by atoms with Crippen LogP contribution in [0.3, 0.4) is 0 Å². The number of carbonyl (C=O) groups is 2. The quantitative estimate of drug-likeness (QED) is 0.249. The van der Waals surface area contributed by atoms with Gasteiger partial charge >= 0.3 is 5.97 Å². The topological polar surface area (TPSA) is 134 Å². The molecule has 0 amide bonds. The summed E-state index contributed by atoms with van der Waals surface area (Å²) < 4.78 is 11.4. The predicted molar refractivity (Wildman–Crippen MR) is 164 cm³/mol. The lowest BCUT2D eigenvalue weighted by Crippen LogP contribution is -2.62. The Labute approximate surface area is 263 Å². The van der Waals surface area contributed by atoms with Crippen molar-refractivity contribution in [3.05, 3.63) is 11.6 Å². The zero-order chi connectivity index (χ0) is 32.2. The van der Waals surface area contributed by atoms with E-state index in [-0.39, 0.29) is 33.4 Å². The van der Waals surface area contributed by atoms with Gasteiger partial charge in [0, 0.05) is 6.42 Å². The van der Waals surface area contributed by atoms with Gasteiger partial charge in [-0.25, -0.2) is 0 Å². The number of allylic oxidation sites excluding steroid dienone is 2. The number of ketones is 1. The Morgan fingerprint density at radius 3 is 2.20 bits per heavy atom. The average molecular weight is 617 g/mol. The van der Waals surface area contributed by atoms with Crippen molar-refractivity contribution in [1.82, 2.24) is 0 Å². The Hall–Kier alpha value is -1.32. The standard InChI is InChI=1S/C36H56O8/c1-19(2)16-22(37)17-20(3)23-10-12-33(6)24-8-9-25-34(7,31(42)44-30-29(41)28(40)27(39)21(4)43-30)26(38)11-13-35(25)18-36(24,35)15-14-32(23,33)5/h16,20-21,23-30,38-41H,8-15,17-18H2,1-7H3/t20-,21+,23-,24+,25+,26+,27+,28-,29-,30+,32-,33+,34+,35-,36+/m1/s1. The summed E-state index contributed by atoms with van der Waals surface area (Å²) in [5, 5.41) is 42.4. The van der Waals surface area contributed by atoms with Gasteiger partial charge in [-0.2, -0.15) is 0 Å². The minimum absolute atomic E-state index is 0.0224. The van der Waals surface area contributed by atoms with Crippen molar-refractivity contribution in [3.8, 4) is 0 Å². The van der Waals surface area contributed by atoms with Crippen molar-refractivity contribution < 1.29 is 39.5 Å². The monoisotopic (exact) mass is 616 g/mol. The smallest absolute Gasteiger partial charge is 0.317 e. The Morgan fingerprint density at radius 2 is 1.52 bits per heavy atom. The molecule has 0 aromatic rings. The molecule has 8 nitrogen and oxygen atoms in total. The molecule has 1 aliphatic heterocycles. The summed E-state index contributed by atoms with van der Waals surface area (Å²) in [6.07, 6.45) is 3.93. The molecule has 4 N–H and O–H groups in total. The lowest BCUT2D eigenvalue weighted by molar-refractivity contribution is -0.292. The predicted octanol–water partition coefficient (Wildman–Crippen LogP) is 4.70. The van der Waals surface area contributed by atoms with Gasteiger partial charge in [-0.15, -0.1) is 0 Å². The Bertz CT molecular complexity index is 1210. The third-order valence-electron chi connectivity index (χ3n) is 14.9. The maximum absolute atomic E-state index is 14.0. The van der Waals surface area contributed by atoms with Crippen LogP contribution in [0.25, 0.3) is 0 Å². The van der Waals surface area contributed by atoms with E-state index >= 15 is 0 Å². The SMILES string of the molecule is CC(C)=CC(=O)C[C@@H](C)[C@H]1CC[C@@]2(C)[C@@H]3CC[C@H]4[C@](C)(C(=O)O[C@@H]5O[C@@H](C)[C@H](O)[C@@H](O)[C@H]5O)[C@@H](O)CC[C@@]45C[C@@]35CC[C@]12C. The van der Waals surface area contributed by atoms with Gasteiger partial charge in [0.25, 0.3) is 0 Å². The molecule has 2 spiro atoms. The molecule has 15 atom stereocenters. The summed E-state index contributed by atoms with van der Waals surface area (Å²) in [7, 11) is 0. The first-order valence-electron chi connectivity index (χ1n) is 17.2. The number of aliphatic hydroxyl groups excluding tert-OH is 4. The van der Waals surface area contributed by atoms with Crippen molar-refractivity contribution in [1.29, 1.82) is 0 Å². The van der Waals surface area contributed by atoms with E-state index in [1.807, 2.05) is 20.8 Å². The molecule has 1 saturated heterocycles. The van der Waals surface area contributed by atoms with Crippen molar-refractivity contribution in [2.75, 3.05) is 0 Å². The van der Waals surface area contributed by atoms with Crippen molar-refractivity contribution in [2.24, 2.45) is 50.7 Å². The van der Waals surface area contributed by atoms with Gasteiger partial charge < -0.3 is 29.9 Å². The van der Waals surface area contributed by atoms with E-state index in [0.717, 1.165) is 50.5 Å². The van der Waals surface area contributed by atoms with E-state index in [4.69, 9.17) is 9.47 Å². The van der Waals surface area contributed by atoms with Crippen LogP contribution in [-0.4, -0.2) is 69.0 Å². The van der Waals surface area contributed by atoms with E-state index in [1.165, 1.54) is 6.42 Å². The molecule has 0 aromatic carbocycles. The van der Waals surface area contributed by atoms with Crippen molar-refractivity contribution >= 4 is 11.8 Å². The number of ether oxygens (including phenoxy) is 2. The first-order valence-corrected chi connectivity index (χ1v) is 17.2. The number of hydrogen-bond donors (Lipinski definition) is 4. The van der Waals surface area contributed by atoms with E-state index in [2.05, 4.69) is 20.8 Å². The van der Waals surface area contributed by atoms with Crippen LogP contribution in [0.15, 0.2) is 11.6 Å². The lowest BCUT2D eigenvalue weighted by atomic mass is 9.41. The Kier molecular flexibility index (Phi) is 7.85. The van der Waals surface area contributed by atoms with Crippen molar-refractivity contribution in [3.63, 3.8) is 0 Å². The third kappa shape index (κ3) is 4.26. The van der Waals surface area contributed by atoms with Gasteiger partial charge in [0.15, 0.2) is 5.78 Å². The molecule has 44 heavy (non-hydrogen) atoms. The summed E-state index contributed by atoms with van der Waals surface area (Å²) in [6.45, 7) is 14.7. The molecule has 0 aromatic heterocycles. The third-order valence-corrected chi connectivity index (χ3v) is 14.9. The number of esters is 1. The fourth-order valence-corrected chi connectivity index (χ4v) is 12.5. The molecular weight excluding hydrogens is 560 g/mol. The Balaban J connectivity index is 1.24. The molecule has 6 rings (SSSR count). The normalized spacial score (nSPS) is 53.3. The van der Waals surface area contributed by atoms with Crippen molar-refractivity contribution in [2.45, 2.75) is 149 Å². The summed E-state index contributed by atoms with van der Waals surface area (Å²) in [5.74, 6) is 1.01. The number of hydrogen-bond acceptors (Lipinski definition) is 8. The van der Waals surface area contributed by atoms with Gasteiger partial charge in [-0.1, -0.05) is 26.3 Å². The first kappa shape index (κ1) is 32.6. The van der Waals surface area contributed by atoms with Crippen LogP contribution in [0.2, 0.25) is 0 Å². The van der Waals surface area contributed by atoms with E-state index < -0.39 is 48.2 Å². The molecule has 6 aliphatic rings. The Morgan fingerprint density at radius 1 is 0.864 bits per heavy atom. The lowest BCUT2D eigenvalue weighted by Gasteiger charge is -2.63. The first-order chi connectivity index (χ1) is 20.5. The molecule has 1 heterocycles. The zero-order valence-corrected chi connectivity index (χ0v) is 27.8. The van der Waals surface area contributed by atoms with Crippen LogP contribution in [-0.2, 0) is 19.1 Å². The van der Waals surface area contributed by atoms with Gasteiger partial charge in [-0.3, -0.25) is 9.59 Å². The minimum atomic E-state index is -1.57. The summed E-state index contributed by atoms with van der Waals surface area (Å²) >= 11 is 0. The number of rotatable bonds is 6. The molecular formula is C36H56O8. The molecule has 8 heteroatoms. The summed E-state index contributed by atoms with van der Waals surface area (Å²) in [6, 6.07) is 0. The fourth-order valence-electron chi connectivity index (χ4n) is 12.5. The average Bonchev–Trinajstić information content (AvgIpc) is 3.53. The zero-order valence-electron chi connectivity index (χ0n) is 27.8. The highest BCUT2D eigenvalue weighted by Crippen LogP contribution is 2.89. The maximum atomic E-state index is 14.0. The molecule has 0 bridgehead atoms. The van der Waals surface area contributed by atoms with Crippen LogP contribution >= 0.6 is 0 Å². The number of carbonyl (C=O) groups excluding carboxylic acids is 2. The van der Waals surface area contributed by atoms with Crippen LogP contribution in [0.4, 0.5) is 0 Å². The molecule has 6 fully saturated rings. The maximum Gasteiger partial charge on any atom is 0.317 e. The molecule has 5 aliphatic carbocycles. The highest BCUT2D eigenvalue weighted by atomic mass is 16.7. The van der Waals surface area contributed by atoms with Crippen LogP contribution in [0.5, 0.6) is 0 Å². The molecule has 5 saturated carbocycles. The van der Waals surface area contributed by atoms with Gasteiger partial charge in [-0.05, 0) is 137 Å². The summed E-state index contributed by atoms with van der Waals surface area (Å²) in [5.41, 5.74) is 0.361. The molecule has 248 valence electrons. The van der Waals surface area contributed by atoms with Crippen LogP contribution in [0, 0.1) is 50.7 Å². The number of aliphatic hydroxyl groups is 4. The van der Waals surface area contributed by atoms with E-state index in [1.54, 1.807) is 13.0 Å². The molecule has 0 unspecified atom stereocenters. The van der Waals surface area contributed by atoms with Crippen LogP contribution in [0.1, 0.15) is 113 Å². The fraction of sp³-hybridized carbons (Fsp3) is 0.889. The summed E-state index contributed by atoms with van der Waals surface area (Å²) in [4.78, 5) is 26.8. The van der Waals surface area contributed by atoms with Gasteiger partial charge in [0.2, 0.25) is 6.29 Å². The van der Waals surface area contributed by atoms with Crippen LogP contribution < -0.4 is 0 Å². The second kappa shape index (κ2) is 10.6. The second-order valence-electron chi connectivity index (χ2n) is 16.9. The van der Waals surface area contributed by atoms with Gasteiger partial charge in [0.05, 0.1) is 17.6 Å². The highest BCUT2D eigenvalue weighted by molar-refractivity contribution is 5.90. The largest absolute Gasteiger partial charge is 0.432 e. The molecule has 0 radical (unpaired) electrons. The van der Waals surface area contributed by atoms with Gasteiger partial charge in [0.1, 0.15) is 18.3 Å².